The summed E-state index contributed by atoms with van der Waals surface area (Å²) in [5.74, 6) is -0.278. The van der Waals surface area contributed by atoms with Gasteiger partial charge in [0.2, 0.25) is 0 Å². The van der Waals surface area contributed by atoms with Gasteiger partial charge in [-0.25, -0.2) is 4.79 Å². The van der Waals surface area contributed by atoms with Crippen molar-refractivity contribution in [2.24, 2.45) is 5.41 Å². The van der Waals surface area contributed by atoms with Crippen LogP contribution in [0.5, 0.6) is 0 Å². The van der Waals surface area contributed by atoms with E-state index in [9.17, 15) is 9.59 Å². The normalized spacial score (nSPS) is 13.2. The van der Waals surface area contributed by atoms with Gasteiger partial charge in [0, 0.05) is 6.42 Å². The van der Waals surface area contributed by atoms with Crippen molar-refractivity contribution < 1.29 is 23.8 Å². The average Bonchev–Trinajstić information content (AvgIpc) is 2.27. The molecule has 18 heavy (non-hydrogen) atoms. The van der Waals surface area contributed by atoms with Crippen LogP contribution in [0.1, 0.15) is 34.1 Å². The Balaban J connectivity index is 4.13. The van der Waals surface area contributed by atoms with Crippen LogP contribution in [0.2, 0.25) is 0 Å². The molecule has 1 atom stereocenters. The zero-order valence-electron chi connectivity index (χ0n) is 11.7. The highest BCUT2D eigenvalue weighted by atomic mass is 16.7. The van der Waals surface area contributed by atoms with Crippen LogP contribution in [-0.2, 0) is 19.0 Å². The molecule has 0 amide bonds. The van der Waals surface area contributed by atoms with E-state index < -0.39 is 17.7 Å². The topological polar surface area (TPSA) is 61.8 Å². The molecule has 0 aromatic heterocycles. The summed E-state index contributed by atoms with van der Waals surface area (Å²) in [5.41, 5.74) is -0.528. The molecule has 0 radical (unpaired) electrons. The van der Waals surface area contributed by atoms with Crippen LogP contribution in [0.15, 0.2) is 12.2 Å². The first-order valence-electron chi connectivity index (χ1n) is 5.86. The Kier molecular flexibility index (Phi) is 7.08. The maximum atomic E-state index is 11.5. The number of esters is 1. The third kappa shape index (κ3) is 6.93. The van der Waals surface area contributed by atoms with E-state index in [0.29, 0.717) is 6.42 Å². The van der Waals surface area contributed by atoms with Gasteiger partial charge in [-0.1, -0.05) is 6.08 Å². The van der Waals surface area contributed by atoms with Gasteiger partial charge in [-0.05, 0) is 33.8 Å². The van der Waals surface area contributed by atoms with Gasteiger partial charge in [0.25, 0.3) is 0 Å². The fourth-order valence-corrected chi connectivity index (χ4v) is 1.07. The van der Waals surface area contributed by atoms with Crippen molar-refractivity contribution in [1.29, 1.82) is 0 Å². The van der Waals surface area contributed by atoms with E-state index in [1.807, 2.05) is 6.92 Å². The van der Waals surface area contributed by atoms with Crippen molar-refractivity contribution in [3.8, 4) is 0 Å². The summed E-state index contributed by atoms with van der Waals surface area (Å²) in [6.07, 6.45) is 2.68. The third-order valence-corrected chi connectivity index (χ3v) is 2.07. The Hall–Kier alpha value is -1.52. The lowest BCUT2D eigenvalue weighted by atomic mass is 9.97. The second kappa shape index (κ2) is 7.74. The second-order valence-electron chi connectivity index (χ2n) is 4.81. The van der Waals surface area contributed by atoms with E-state index >= 15 is 0 Å². The van der Waals surface area contributed by atoms with Crippen molar-refractivity contribution >= 4 is 12.1 Å². The molecule has 0 aromatic rings. The minimum Gasteiger partial charge on any atom is -0.465 e. The summed E-state index contributed by atoms with van der Waals surface area (Å²) in [6, 6.07) is 0. The van der Waals surface area contributed by atoms with Crippen LogP contribution in [-0.4, -0.2) is 31.9 Å². The molecule has 0 saturated carbocycles. The minimum atomic E-state index is -0.750. The highest BCUT2D eigenvalue weighted by Crippen LogP contribution is 2.15. The molecule has 5 nitrogen and oxygen atoms in total. The Morgan fingerprint density at radius 1 is 1.28 bits per heavy atom. The number of ether oxygens (including phenoxy) is 3. The summed E-state index contributed by atoms with van der Waals surface area (Å²) in [4.78, 5) is 22.5. The first-order chi connectivity index (χ1) is 8.31. The van der Waals surface area contributed by atoms with Crippen molar-refractivity contribution in [3.63, 3.8) is 0 Å². The zero-order chi connectivity index (χ0) is 14.2. The molecule has 0 N–H and O–H groups in total. The lowest BCUT2D eigenvalue weighted by Crippen LogP contribution is -2.25. The molecule has 0 spiro atoms. The molecule has 104 valence electrons. The van der Waals surface area contributed by atoms with Gasteiger partial charge < -0.3 is 14.2 Å². The fourth-order valence-electron chi connectivity index (χ4n) is 1.07. The Bertz CT molecular complexity index is 301. The van der Waals surface area contributed by atoms with E-state index in [0.717, 1.165) is 0 Å². The standard InChI is InChI=1S/C13H22O5/c1-6-7-10(18-12(15)16-5)8-9-17-11(14)13(2,3)4/h6-7,10H,8-9H2,1-5H3/b7-6+. The molecule has 5 heteroatoms. The van der Waals surface area contributed by atoms with Crippen LogP contribution in [0.25, 0.3) is 0 Å². The molecule has 0 aliphatic rings. The fraction of sp³-hybridized carbons (Fsp3) is 0.692. The highest BCUT2D eigenvalue weighted by molar-refractivity contribution is 5.75. The first-order valence-corrected chi connectivity index (χ1v) is 5.86. The van der Waals surface area contributed by atoms with Gasteiger partial charge in [0.15, 0.2) is 0 Å². The third-order valence-electron chi connectivity index (χ3n) is 2.07. The smallest absolute Gasteiger partial charge is 0.465 e. The van der Waals surface area contributed by atoms with Gasteiger partial charge in [0.1, 0.15) is 6.10 Å². The summed E-state index contributed by atoms with van der Waals surface area (Å²) in [5, 5.41) is 0. The molecular weight excluding hydrogens is 236 g/mol. The molecule has 0 fully saturated rings. The lowest BCUT2D eigenvalue weighted by molar-refractivity contribution is -0.153. The van der Waals surface area contributed by atoms with Crippen LogP contribution in [0.4, 0.5) is 4.79 Å². The maximum absolute atomic E-state index is 11.5. The number of carbonyl (C=O) groups excluding carboxylic acids is 2. The molecule has 0 bridgehead atoms. The van der Waals surface area contributed by atoms with E-state index in [4.69, 9.17) is 9.47 Å². The summed E-state index contributed by atoms with van der Waals surface area (Å²) < 4.78 is 14.5. The molecule has 0 heterocycles. The Morgan fingerprint density at radius 3 is 2.33 bits per heavy atom. The van der Waals surface area contributed by atoms with Crippen LogP contribution < -0.4 is 0 Å². The molecular formula is C13H22O5. The summed E-state index contributed by atoms with van der Waals surface area (Å²) >= 11 is 0. The molecule has 0 aliphatic carbocycles. The predicted octanol–water partition coefficient (Wildman–Crippen LogP) is 2.69. The van der Waals surface area contributed by atoms with Gasteiger partial charge in [-0.2, -0.15) is 0 Å². The maximum Gasteiger partial charge on any atom is 0.508 e. The SMILES string of the molecule is C/C=C/C(CCOC(=O)C(C)(C)C)OC(=O)OC. The van der Waals surface area contributed by atoms with Crippen molar-refractivity contribution in [2.75, 3.05) is 13.7 Å². The predicted molar refractivity (Wildman–Crippen MR) is 67.1 cm³/mol. The molecule has 0 aromatic carbocycles. The lowest BCUT2D eigenvalue weighted by Gasteiger charge is -2.18. The second-order valence-corrected chi connectivity index (χ2v) is 4.81. The first kappa shape index (κ1) is 16.5. The molecule has 0 rings (SSSR count). The molecule has 1 unspecified atom stereocenters. The van der Waals surface area contributed by atoms with Crippen LogP contribution >= 0.6 is 0 Å². The van der Waals surface area contributed by atoms with E-state index in [-0.39, 0.29) is 12.6 Å². The number of hydrogen-bond acceptors (Lipinski definition) is 5. The number of methoxy groups -OCH3 is 1. The molecule has 0 aliphatic heterocycles. The van der Waals surface area contributed by atoms with Crippen LogP contribution in [0.3, 0.4) is 0 Å². The molecule has 0 saturated heterocycles. The highest BCUT2D eigenvalue weighted by Gasteiger charge is 2.23. The van der Waals surface area contributed by atoms with Crippen molar-refractivity contribution in [2.45, 2.75) is 40.2 Å². The monoisotopic (exact) mass is 258 g/mol. The number of carbonyl (C=O) groups is 2. The minimum absolute atomic E-state index is 0.197. The number of hydrogen-bond donors (Lipinski definition) is 0. The van der Waals surface area contributed by atoms with E-state index in [2.05, 4.69) is 4.74 Å². The Labute approximate surface area is 108 Å². The summed E-state index contributed by atoms with van der Waals surface area (Å²) in [7, 11) is 1.24. The van der Waals surface area contributed by atoms with Crippen LogP contribution in [0, 0.1) is 5.41 Å². The van der Waals surface area contributed by atoms with Gasteiger partial charge in [-0.3, -0.25) is 4.79 Å². The van der Waals surface area contributed by atoms with E-state index in [1.165, 1.54) is 7.11 Å². The largest absolute Gasteiger partial charge is 0.508 e. The summed E-state index contributed by atoms with van der Waals surface area (Å²) in [6.45, 7) is 7.36. The van der Waals surface area contributed by atoms with Gasteiger partial charge in [-0.15, -0.1) is 0 Å². The van der Waals surface area contributed by atoms with Gasteiger partial charge >= 0.3 is 12.1 Å². The zero-order valence-corrected chi connectivity index (χ0v) is 11.7. The average molecular weight is 258 g/mol. The number of rotatable bonds is 5. The number of allylic oxidation sites excluding steroid dienone is 1. The van der Waals surface area contributed by atoms with E-state index in [1.54, 1.807) is 32.9 Å². The Morgan fingerprint density at radius 2 is 1.89 bits per heavy atom. The van der Waals surface area contributed by atoms with Crippen molar-refractivity contribution in [3.05, 3.63) is 12.2 Å². The van der Waals surface area contributed by atoms with Gasteiger partial charge in [0.05, 0.1) is 19.1 Å². The van der Waals surface area contributed by atoms with Crippen molar-refractivity contribution in [1.82, 2.24) is 0 Å². The quantitative estimate of drug-likeness (QED) is 0.560.